The van der Waals surface area contributed by atoms with E-state index in [0.717, 1.165) is 0 Å². The number of halogens is 1. The summed E-state index contributed by atoms with van der Waals surface area (Å²) in [5, 5.41) is 0.365. The van der Waals surface area contributed by atoms with Crippen LogP contribution in [0, 0.1) is 0 Å². The molecule has 0 saturated carbocycles. The molecule has 0 spiro atoms. The van der Waals surface area contributed by atoms with Gasteiger partial charge in [0.25, 0.3) is 0 Å². The van der Waals surface area contributed by atoms with Crippen molar-refractivity contribution in [2.45, 2.75) is 39.9 Å². The van der Waals surface area contributed by atoms with Crippen molar-refractivity contribution in [2.75, 3.05) is 6.61 Å². The highest BCUT2D eigenvalue weighted by molar-refractivity contribution is 6.29. The third-order valence-electron chi connectivity index (χ3n) is 1.56. The van der Waals surface area contributed by atoms with Crippen LogP contribution in [0.1, 0.15) is 33.5 Å². The molecule has 0 fully saturated rings. The average Bonchev–Trinajstić information content (AvgIpc) is 2.10. The van der Waals surface area contributed by atoms with Crippen LogP contribution in [0.5, 0.6) is 5.88 Å². The van der Waals surface area contributed by atoms with Gasteiger partial charge >= 0.3 is 0 Å². The van der Waals surface area contributed by atoms with Crippen LogP contribution in [0.25, 0.3) is 0 Å². The quantitative estimate of drug-likeness (QED) is 0.764. The first-order valence-electron chi connectivity index (χ1n) is 5.21. The second kappa shape index (κ2) is 5.46. The van der Waals surface area contributed by atoms with Crippen LogP contribution in [0.15, 0.2) is 6.07 Å². The summed E-state index contributed by atoms with van der Waals surface area (Å²) in [5.74, 6) is 1.01. The summed E-state index contributed by atoms with van der Waals surface area (Å²) in [5.41, 5.74) is -0.305. The molecule has 5 heteroatoms. The van der Waals surface area contributed by atoms with Gasteiger partial charge < -0.3 is 9.47 Å². The molecule has 0 radical (unpaired) electrons. The molecule has 0 aromatic carbocycles. The minimum atomic E-state index is -0.305. The molecule has 16 heavy (non-hydrogen) atoms. The van der Waals surface area contributed by atoms with Crippen LogP contribution in [-0.4, -0.2) is 22.2 Å². The summed E-state index contributed by atoms with van der Waals surface area (Å²) in [6.07, 6.45) is 0. The van der Waals surface area contributed by atoms with Crippen LogP contribution in [0.2, 0.25) is 5.15 Å². The number of aromatic nitrogens is 2. The van der Waals surface area contributed by atoms with E-state index in [1.807, 2.05) is 27.7 Å². The average molecular weight is 245 g/mol. The van der Waals surface area contributed by atoms with Gasteiger partial charge in [-0.15, -0.1) is 0 Å². The molecule has 0 amide bonds. The summed E-state index contributed by atoms with van der Waals surface area (Å²) in [4.78, 5) is 8.26. The van der Waals surface area contributed by atoms with Crippen molar-refractivity contribution in [3.8, 4) is 5.88 Å². The van der Waals surface area contributed by atoms with Gasteiger partial charge in [0.15, 0.2) is 5.82 Å². The monoisotopic (exact) mass is 244 g/mol. The Kier molecular flexibility index (Phi) is 4.50. The van der Waals surface area contributed by atoms with Gasteiger partial charge in [-0.05, 0) is 27.7 Å². The molecule has 1 aromatic rings. The standard InChI is InChI=1S/C11H17ClN2O2/c1-5-15-7-9-13-8(12)6-10(14-9)16-11(2,3)4/h6H,5,7H2,1-4H3. The Bertz CT molecular complexity index is 350. The van der Waals surface area contributed by atoms with E-state index in [2.05, 4.69) is 9.97 Å². The number of hydrogen-bond donors (Lipinski definition) is 0. The molecule has 1 rings (SSSR count). The Morgan fingerprint density at radius 2 is 2.00 bits per heavy atom. The van der Waals surface area contributed by atoms with Gasteiger partial charge in [0, 0.05) is 12.7 Å². The molecule has 0 unspecified atom stereocenters. The molecular weight excluding hydrogens is 228 g/mol. The third-order valence-corrected chi connectivity index (χ3v) is 1.76. The van der Waals surface area contributed by atoms with Crippen LogP contribution in [-0.2, 0) is 11.3 Å². The Hall–Kier alpha value is -0.870. The third kappa shape index (κ3) is 4.77. The fourth-order valence-corrected chi connectivity index (χ4v) is 1.26. The van der Waals surface area contributed by atoms with Crippen molar-refractivity contribution in [3.63, 3.8) is 0 Å². The minimum Gasteiger partial charge on any atom is -0.472 e. The van der Waals surface area contributed by atoms with Crippen molar-refractivity contribution in [2.24, 2.45) is 0 Å². The van der Waals surface area contributed by atoms with E-state index < -0.39 is 0 Å². The van der Waals surface area contributed by atoms with E-state index in [-0.39, 0.29) is 5.60 Å². The Morgan fingerprint density at radius 1 is 1.31 bits per heavy atom. The molecule has 0 atom stereocenters. The van der Waals surface area contributed by atoms with E-state index in [9.17, 15) is 0 Å². The van der Waals surface area contributed by atoms with Gasteiger partial charge in [-0.3, -0.25) is 0 Å². The first-order chi connectivity index (χ1) is 7.40. The molecule has 0 saturated heterocycles. The molecular formula is C11H17ClN2O2. The van der Waals surface area contributed by atoms with E-state index in [4.69, 9.17) is 21.1 Å². The zero-order valence-electron chi connectivity index (χ0n) is 10.1. The molecule has 1 aromatic heterocycles. The summed E-state index contributed by atoms with van der Waals surface area (Å²) in [6, 6.07) is 1.60. The molecule has 4 nitrogen and oxygen atoms in total. The summed E-state index contributed by atoms with van der Waals surface area (Å²) >= 11 is 5.87. The van der Waals surface area contributed by atoms with Gasteiger partial charge in [-0.2, -0.15) is 4.98 Å². The maximum Gasteiger partial charge on any atom is 0.218 e. The van der Waals surface area contributed by atoms with Gasteiger partial charge in [0.1, 0.15) is 17.4 Å². The van der Waals surface area contributed by atoms with E-state index >= 15 is 0 Å². The molecule has 1 heterocycles. The highest BCUT2D eigenvalue weighted by Gasteiger charge is 2.14. The van der Waals surface area contributed by atoms with Crippen molar-refractivity contribution in [1.82, 2.24) is 9.97 Å². The van der Waals surface area contributed by atoms with Crippen molar-refractivity contribution in [3.05, 3.63) is 17.0 Å². The predicted molar refractivity (Wildman–Crippen MR) is 62.8 cm³/mol. The lowest BCUT2D eigenvalue weighted by atomic mass is 10.2. The number of rotatable bonds is 4. The maximum atomic E-state index is 5.87. The summed E-state index contributed by atoms with van der Waals surface area (Å²) in [7, 11) is 0. The molecule has 0 bridgehead atoms. The Labute approximate surface area is 101 Å². The maximum absolute atomic E-state index is 5.87. The van der Waals surface area contributed by atoms with E-state index in [0.29, 0.717) is 30.1 Å². The molecule has 90 valence electrons. The molecule has 0 aliphatic heterocycles. The van der Waals surface area contributed by atoms with Crippen molar-refractivity contribution >= 4 is 11.6 Å². The largest absolute Gasteiger partial charge is 0.472 e. The Morgan fingerprint density at radius 3 is 2.56 bits per heavy atom. The lowest BCUT2D eigenvalue weighted by Crippen LogP contribution is -2.23. The highest BCUT2D eigenvalue weighted by atomic mass is 35.5. The number of nitrogens with zero attached hydrogens (tertiary/aromatic N) is 2. The van der Waals surface area contributed by atoms with Gasteiger partial charge in [0.05, 0.1) is 0 Å². The minimum absolute atomic E-state index is 0.305. The second-order valence-corrected chi connectivity index (χ2v) is 4.68. The van der Waals surface area contributed by atoms with Crippen molar-refractivity contribution < 1.29 is 9.47 Å². The highest BCUT2D eigenvalue weighted by Crippen LogP contribution is 2.19. The first-order valence-corrected chi connectivity index (χ1v) is 5.58. The van der Waals surface area contributed by atoms with Gasteiger partial charge in [0.2, 0.25) is 5.88 Å². The van der Waals surface area contributed by atoms with Crippen LogP contribution in [0.4, 0.5) is 0 Å². The number of ether oxygens (including phenoxy) is 2. The smallest absolute Gasteiger partial charge is 0.218 e. The van der Waals surface area contributed by atoms with E-state index in [1.54, 1.807) is 6.07 Å². The molecule has 0 N–H and O–H groups in total. The number of hydrogen-bond acceptors (Lipinski definition) is 4. The predicted octanol–water partition coefficient (Wildman–Crippen LogP) is 2.84. The molecule has 0 aliphatic carbocycles. The normalized spacial score (nSPS) is 11.6. The zero-order chi connectivity index (χ0) is 12.2. The fraction of sp³-hybridized carbons (Fsp3) is 0.636. The second-order valence-electron chi connectivity index (χ2n) is 4.30. The summed E-state index contributed by atoms with van der Waals surface area (Å²) in [6.45, 7) is 8.72. The van der Waals surface area contributed by atoms with Crippen molar-refractivity contribution in [1.29, 1.82) is 0 Å². The summed E-state index contributed by atoms with van der Waals surface area (Å²) < 4.78 is 10.8. The lowest BCUT2D eigenvalue weighted by molar-refractivity contribution is 0.114. The van der Waals surface area contributed by atoms with Gasteiger partial charge in [-0.25, -0.2) is 4.98 Å². The zero-order valence-corrected chi connectivity index (χ0v) is 10.8. The SMILES string of the molecule is CCOCc1nc(Cl)cc(OC(C)(C)C)n1. The Balaban J connectivity index is 2.81. The van der Waals surface area contributed by atoms with E-state index in [1.165, 1.54) is 0 Å². The van der Waals surface area contributed by atoms with Crippen LogP contribution >= 0.6 is 11.6 Å². The van der Waals surface area contributed by atoms with Gasteiger partial charge in [-0.1, -0.05) is 11.6 Å². The first kappa shape index (κ1) is 13.2. The molecule has 0 aliphatic rings. The topological polar surface area (TPSA) is 44.2 Å². The van der Waals surface area contributed by atoms with Crippen LogP contribution in [0.3, 0.4) is 0 Å². The fourth-order valence-electron chi connectivity index (χ4n) is 1.07. The lowest BCUT2D eigenvalue weighted by Gasteiger charge is -2.20. The van der Waals surface area contributed by atoms with Crippen LogP contribution < -0.4 is 4.74 Å².